The Labute approximate surface area is 120 Å². The highest BCUT2D eigenvalue weighted by atomic mass is 32.2. The fourth-order valence-corrected chi connectivity index (χ4v) is 2.35. The number of nitro benzene ring substituents is 1. The number of benzene rings is 1. The van der Waals surface area contributed by atoms with E-state index in [0.29, 0.717) is 5.75 Å². The number of anilines is 1. The lowest BCUT2D eigenvalue weighted by Gasteiger charge is -2.23. The number of thioether (sulfide) groups is 1. The summed E-state index contributed by atoms with van der Waals surface area (Å²) in [5.74, 6) is -0.732. The van der Waals surface area contributed by atoms with Gasteiger partial charge in [-0.1, -0.05) is 0 Å². The molecule has 3 N–H and O–H groups in total. The van der Waals surface area contributed by atoms with Gasteiger partial charge in [-0.3, -0.25) is 10.1 Å². The van der Waals surface area contributed by atoms with Gasteiger partial charge in [0.2, 0.25) is 0 Å². The average Bonchev–Trinajstić information content (AvgIpc) is 2.35. The number of carboxylic acids is 1. The molecule has 0 heterocycles. The molecule has 0 aliphatic rings. The number of nitro groups is 1. The van der Waals surface area contributed by atoms with Gasteiger partial charge in [-0.05, 0) is 19.2 Å². The summed E-state index contributed by atoms with van der Waals surface area (Å²) in [4.78, 5) is 21.2. The standard InChI is InChI=1S/C12H16N2O5S/c1-12(17,7-20-2)6-13-10-5-8(14(18)19)3-4-9(10)11(15)16/h3-5,13,17H,6-7H2,1-2H3,(H,15,16). The highest BCUT2D eigenvalue weighted by Crippen LogP contribution is 2.23. The van der Waals surface area contributed by atoms with E-state index >= 15 is 0 Å². The SMILES string of the molecule is CSCC(C)(O)CNc1cc([N+](=O)[O-])ccc1C(=O)O. The van der Waals surface area contributed by atoms with E-state index in [1.165, 1.54) is 17.8 Å². The molecule has 0 saturated carbocycles. The van der Waals surface area contributed by atoms with Gasteiger partial charge in [-0.25, -0.2) is 4.79 Å². The Morgan fingerprint density at radius 3 is 2.70 bits per heavy atom. The zero-order valence-corrected chi connectivity index (χ0v) is 11.9. The lowest BCUT2D eigenvalue weighted by Crippen LogP contribution is -2.36. The topological polar surface area (TPSA) is 113 Å². The third-order valence-electron chi connectivity index (χ3n) is 2.56. The maximum Gasteiger partial charge on any atom is 0.337 e. The predicted octanol–water partition coefficient (Wildman–Crippen LogP) is 1.82. The number of nitrogens with one attached hydrogen (secondary N) is 1. The van der Waals surface area contributed by atoms with Gasteiger partial charge in [-0.15, -0.1) is 0 Å². The van der Waals surface area contributed by atoms with E-state index in [4.69, 9.17) is 5.11 Å². The minimum Gasteiger partial charge on any atom is -0.478 e. The summed E-state index contributed by atoms with van der Waals surface area (Å²) in [6, 6.07) is 3.46. The van der Waals surface area contributed by atoms with Crippen LogP contribution in [0.2, 0.25) is 0 Å². The second-order valence-electron chi connectivity index (χ2n) is 4.58. The molecule has 0 aliphatic carbocycles. The largest absolute Gasteiger partial charge is 0.478 e. The van der Waals surface area contributed by atoms with Crippen LogP contribution in [0.15, 0.2) is 18.2 Å². The molecule has 0 bridgehead atoms. The molecule has 0 aliphatic heterocycles. The quantitative estimate of drug-likeness (QED) is 0.520. The van der Waals surface area contributed by atoms with Crippen molar-refractivity contribution in [3.05, 3.63) is 33.9 Å². The Morgan fingerprint density at radius 2 is 2.20 bits per heavy atom. The molecule has 7 nitrogen and oxygen atoms in total. The Kier molecular flexibility index (Phi) is 5.34. The van der Waals surface area contributed by atoms with Gasteiger partial charge in [0.25, 0.3) is 5.69 Å². The molecule has 0 aromatic heterocycles. The highest BCUT2D eigenvalue weighted by Gasteiger charge is 2.21. The molecule has 0 fully saturated rings. The van der Waals surface area contributed by atoms with E-state index in [-0.39, 0.29) is 23.5 Å². The van der Waals surface area contributed by atoms with Crippen LogP contribution >= 0.6 is 11.8 Å². The summed E-state index contributed by atoms with van der Waals surface area (Å²) in [5.41, 5.74) is -1.20. The molecule has 110 valence electrons. The molecular weight excluding hydrogens is 284 g/mol. The second kappa shape index (κ2) is 6.58. The maximum atomic E-state index is 11.1. The maximum absolute atomic E-state index is 11.1. The number of hydrogen-bond acceptors (Lipinski definition) is 6. The first-order chi connectivity index (χ1) is 9.26. The monoisotopic (exact) mass is 300 g/mol. The lowest BCUT2D eigenvalue weighted by atomic mass is 10.1. The van der Waals surface area contributed by atoms with Crippen molar-refractivity contribution in [2.24, 2.45) is 0 Å². The van der Waals surface area contributed by atoms with E-state index in [2.05, 4.69) is 5.32 Å². The van der Waals surface area contributed by atoms with Crippen molar-refractivity contribution in [1.29, 1.82) is 0 Å². The molecular formula is C12H16N2O5S. The number of non-ortho nitro benzene ring substituents is 1. The molecule has 20 heavy (non-hydrogen) atoms. The summed E-state index contributed by atoms with van der Waals surface area (Å²) in [5, 5.41) is 32.6. The van der Waals surface area contributed by atoms with Crippen LogP contribution in [0.5, 0.6) is 0 Å². The minimum absolute atomic E-state index is 0.0736. The Balaban J connectivity index is 2.99. The van der Waals surface area contributed by atoms with Crippen LogP contribution in [0, 0.1) is 10.1 Å². The van der Waals surface area contributed by atoms with Gasteiger partial charge in [0.15, 0.2) is 0 Å². The van der Waals surface area contributed by atoms with Crippen LogP contribution in [0.1, 0.15) is 17.3 Å². The number of aromatic carboxylic acids is 1. The van der Waals surface area contributed by atoms with Crippen molar-refractivity contribution in [3.63, 3.8) is 0 Å². The van der Waals surface area contributed by atoms with Gasteiger partial charge in [0.1, 0.15) is 0 Å². The predicted molar refractivity (Wildman–Crippen MR) is 77.6 cm³/mol. The van der Waals surface area contributed by atoms with Crippen molar-refractivity contribution in [2.45, 2.75) is 12.5 Å². The molecule has 1 unspecified atom stereocenters. The third kappa shape index (κ3) is 4.39. The Bertz CT molecular complexity index is 519. The zero-order valence-electron chi connectivity index (χ0n) is 11.1. The molecule has 8 heteroatoms. The number of carbonyl (C=O) groups is 1. The van der Waals surface area contributed by atoms with Gasteiger partial charge < -0.3 is 15.5 Å². The first-order valence-electron chi connectivity index (χ1n) is 5.74. The van der Waals surface area contributed by atoms with Crippen molar-refractivity contribution >= 4 is 29.1 Å². The lowest BCUT2D eigenvalue weighted by molar-refractivity contribution is -0.384. The third-order valence-corrected chi connectivity index (χ3v) is 3.47. The molecule has 0 radical (unpaired) electrons. The summed E-state index contributed by atoms with van der Waals surface area (Å²) < 4.78 is 0. The van der Waals surface area contributed by atoms with Crippen LogP contribution in [0.4, 0.5) is 11.4 Å². The van der Waals surface area contributed by atoms with E-state index in [9.17, 15) is 20.0 Å². The van der Waals surface area contributed by atoms with Gasteiger partial charge in [0, 0.05) is 24.4 Å². The number of hydrogen-bond donors (Lipinski definition) is 3. The van der Waals surface area contributed by atoms with Crippen molar-refractivity contribution < 1.29 is 19.9 Å². The Morgan fingerprint density at radius 1 is 1.55 bits per heavy atom. The number of nitrogens with zero attached hydrogens (tertiary/aromatic N) is 1. The summed E-state index contributed by atoms with van der Waals surface area (Å²) in [7, 11) is 0. The van der Waals surface area contributed by atoms with E-state index in [1.807, 2.05) is 6.26 Å². The van der Waals surface area contributed by atoms with Crippen molar-refractivity contribution in [1.82, 2.24) is 0 Å². The van der Waals surface area contributed by atoms with Crippen LogP contribution in [-0.4, -0.2) is 45.3 Å². The fraction of sp³-hybridized carbons (Fsp3) is 0.417. The van der Waals surface area contributed by atoms with Crippen LogP contribution in [0.25, 0.3) is 0 Å². The van der Waals surface area contributed by atoms with Crippen molar-refractivity contribution in [3.8, 4) is 0 Å². The van der Waals surface area contributed by atoms with E-state index in [1.54, 1.807) is 6.92 Å². The zero-order chi connectivity index (χ0) is 15.3. The minimum atomic E-state index is -1.19. The smallest absolute Gasteiger partial charge is 0.337 e. The molecule has 1 aromatic carbocycles. The van der Waals surface area contributed by atoms with E-state index in [0.717, 1.165) is 12.1 Å². The van der Waals surface area contributed by atoms with Gasteiger partial charge in [-0.2, -0.15) is 11.8 Å². The van der Waals surface area contributed by atoms with Gasteiger partial charge >= 0.3 is 5.97 Å². The molecule has 1 rings (SSSR count). The number of carboxylic acid groups (broad SMARTS) is 1. The first kappa shape index (κ1) is 16.3. The summed E-state index contributed by atoms with van der Waals surface area (Å²) in [6.07, 6.45) is 1.84. The Hall–Kier alpha value is -1.80. The molecule has 1 aromatic rings. The van der Waals surface area contributed by atoms with E-state index < -0.39 is 16.5 Å². The van der Waals surface area contributed by atoms with Gasteiger partial charge in [0.05, 0.1) is 21.8 Å². The highest BCUT2D eigenvalue weighted by molar-refractivity contribution is 7.98. The van der Waals surface area contributed by atoms with Crippen molar-refractivity contribution in [2.75, 3.05) is 23.9 Å². The van der Waals surface area contributed by atoms with Crippen LogP contribution in [-0.2, 0) is 0 Å². The number of aliphatic hydroxyl groups is 1. The summed E-state index contributed by atoms with van der Waals surface area (Å²) in [6.45, 7) is 1.70. The van der Waals surface area contributed by atoms with Crippen LogP contribution < -0.4 is 5.32 Å². The molecule has 0 amide bonds. The molecule has 0 spiro atoms. The number of rotatable bonds is 7. The molecule has 0 saturated heterocycles. The normalized spacial score (nSPS) is 13.6. The average molecular weight is 300 g/mol. The van der Waals surface area contributed by atoms with Crippen LogP contribution in [0.3, 0.4) is 0 Å². The fourth-order valence-electron chi connectivity index (χ4n) is 1.63. The summed E-state index contributed by atoms with van der Waals surface area (Å²) >= 11 is 1.45. The first-order valence-corrected chi connectivity index (χ1v) is 7.13. The second-order valence-corrected chi connectivity index (χ2v) is 5.44. The molecule has 1 atom stereocenters.